The maximum atomic E-state index is 10.5. The molecule has 0 spiro atoms. The van der Waals surface area contributed by atoms with Crippen LogP contribution in [0.2, 0.25) is 0 Å². The third-order valence-electron chi connectivity index (χ3n) is 5.45. The fourth-order valence-electron chi connectivity index (χ4n) is 3.83. The summed E-state index contributed by atoms with van der Waals surface area (Å²) in [6.07, 6.45) is 3.63. The SMILES string of the molecule is Cc1ccc(C(CC2CCN(C)CC2)c2cc(C)ccc2O)cc1. The largest absolute Gasteiger partial charge is 0.508 e. The van der Waals surface area contributed by atoms with E-state index in [-0.39, 0.29) is 5.92 Å². The molecule has 1 aliphatic rings. The maximum absolute atomic E-state index is 10.5. The highest BCUT2D eigenvalue weighted by Gasteiger charge is 2.25. The molecular formula is C22H29NO. The summed E-state index contributed by atoms with van der Waals surface area (Å²) >= 11 is 0. The highest BCUT2D eigenvalue weighted by molar-refractivity contribution is 5.44. The summed E-state index contributed by atoms with van der Waals surface area (Å²) in [4.78, 5) is 2.42. The lowest BCUT2D eigenvalue weighted by atomic mass is 9.79. The topological polar surface area (TPSA) is 23.5 Å². The van der Waals surface area contributed by atoms with E-state index in [4.69, 9.17) is 0 Å². The molecule has 0 bridgehead atoms. The molecule has 1 fully saturated rings. The zero-order chi connectivity index (χ0) is 17.1. The van der Waals surface area contributed by atoms with Crippen molar-refractivity contribution in [3.05, 3.63) is 64.7 Å². The number of likely N-dealkylation sites (tertiary alicyclic amines) is 1. The van der Waals surface area contributed by atoms with Gasteiger partial charge in [0.05, 0.1) is 0 Å². The van der Waals surface area contributed by atoms with Gasteiger partial charge in [0.15, 0.2) is 0 Å². The number of phenolic OH excluding ortho intramolecular Hbond substituents is 1. The molecule has 2 aromatic rings. The lowest BCUT2D eigenvalue weighted by molar-refractivity contribution is 0.208. The summed E-state index contributed by atoms with van der Waals surface area (Å²) in [7, 11) is 2.21. The fourth-order valence-corrected chi connectivity index (χ4v) is 3.83. The molecule has 1 unspecified atom stereocenters. The van der Waals surface area contributed by atoms with Crippen LogP contribution in [0, 0.1) is 19.8 Å². The molecule has 1 N–H and O–H groups in total. The van der Waals surface area contributed by atoms with Gasteiger partial charge in [0, 0.05) is 11.5 Å². The smallest absolute Gasteiger partial charge is 0.119 e. The van der Waals surface area contributed by atoms with Crippen LogP contribution in [-0.4, -0.2) is 30.1 Å². The lowest BCUT2D eigenvalue weighted by Gasteiger charge is -2.32. The number of aromatic hydroxyl groups is 1. The van der Waals surface area contributed by atoms with Gasteiger partial charge in [0.1, 0.15) is 5.75 Å². The third kappa shape index (κ3) is 3.99. The molecule has 0 saturated carbocycles. The number of phenols is 1. The number of piperidine rings is 1. The fraction of sp³-hybridized carbons (Fsp3) is 0.455. The van der Waals surface area contributed by atoms with Crippen LogP contribution in [0.1, 0.15) is 47.4 Å². The van der Waals surface area contributed by atoms with Crippen molar-refractivity contribution in [2.75, 3.05) is 20.1 Å². The molecular weight excluding hydrogens is 294 g/mol. The van der Waals surface area contributed by atoms with Crippen LogP contribution in [-0.2, 0) is 0 Å². The van der Waals surface area contributed by atoms with Gasteiger partial charge >= 0.3 is 0 Å². The predicted octanol–water partition coefficient (Wildman–Crippen LogP) is 4.87. The maximum Gasteiger partial charge on any atom is 0.119 e. The number of benzene rings is 2. The summed E-state index contributed by atoms with van der Waals surface area (Å²) in [5.41, 5.74) is 4.90. The molecule has 0 aromatic heterocycles. The van der Waals surface area contributed by atoms with E-state index in [1.165, 1.54) is 42.6 Å². The molecule has 1 heterocycles. The first-order valence-electron chi connectivity index (χ1n) is 9.07. The lowest BCUT2D eigenvalue weighted by Crippen LogP contribution is -2.30. The van der Waals surface area contributed by atoms with Crippen molar-refractivity contribution in [2.24, 2.45) is 5.92 Å². The van der Waals surface area contributed by atoms with Crippen LogP contribution in [0.4, 0.5) is 0 Å². The molecule has 2 heteroatoms. The van der Waals surface area contributed by atoms with Crippen molar-refractivity contribution < 1.29 is 5.11 Å². The van der Waals surface area contributed by atoms with Crippen LogP contribution in [0.15, 0.2) is 42.5 Å². The molecule has 2 aromatic carbocycles. The monoisotopic (exact) mass is 323 g/mol. The highest BCUT2D eigenvalue weighted by Crippen LogP contribution is 2.38. The molecule has 1 atom stereocenters. The van der Waals surface area contributed by atoms with Crippen molar-refractivity contribution in [3.63, 3.8) is 0 Å². The Bertz CT molecular complexity index is 669. The van der Waals surface area contributed by atoms with Gasteiger partial charge in [-0.25, -0.2) is 0 Å². The van der Waals surface area contributed by atoms with Gasteiger partial charge in [0.25, 0.3) is 0 Å². The Balaban J connectivity index is 1.91. The van der Waals surface area contributed by atoms with Crippen molar-refractivity contribution in [1.29, 1.82) is 0 Å². The van der Waals surface area contributed by atoms with Gasteiger partial charge < -0.3 is 10.0 Å². The first kappa shape index (κ1) is 17.0. The summed E-state index contributed by atoms with van der Waals surface area (Å²) in [6.45, 7) is 6.60. The van der Waals surface area contributed by atoms with Gasteiger partial charge in [-0.1, -0.05) is 47.5 Å². The predicted molar refractivity (Wildman–Crippen MR) is 101 cm³/mol. The third-order valence-corrected chi connectivity index (χ3v) is 5.45. The van der Waals surface area contributed by atoms with Crippen LogP contribution < -0.4 is 0 Å². The number of nitrogens with zero attached hydrogens (tertiary/aromatic N) is 1. The van der Waals surface area contributed by atoms with E-state index in [1.807, 2.05) is 12.1 Å². The Labute approximate surface area is 146 Å². The average molecular weight is 323 g/mol. The Morgan fingerprint density at radius 3 is 2.29 bits per heavy atom. The number of hydrogen-bond donors (Lipinski definition) is 1. The van der Waals surface area contributed by atoms with E-state index in [0.717, 1.165) is 17.9 Å². The summed E-state index contributed by atoms with van der Waals surface area (Å²) < 4.78 is 0. The Morgan fingerprint density at radius 2 is 1.62 bits per heavy atom. The van der Waals surface area contributed by atoms with Crippen LogP contribution in [0.5, 0.6) is 5.75 Å². The second kappa shape index (κ2) is 7.40. The van der Waals surface area contributed by atoms with Crippen LogP contribution in [0.3, 0.4) is 0 Å². The van der Waals surface area contributed by atoms with Gasteiger partial charge in [0.2, 0.25) is 0 Å². The first-order chi connectivity index (χ1) is 11.5. The minimum atomic E-state index is 0.277. The first-order valence-corrected chi connectivity index (χ1v) is 9.07. The number of aryl methyl sites for hydroxylation is 2. The minimum absolute atomic E-state index is 0.277. The van der Waals surface area contributed by atoms with E-state index in [1.54, 1.807) is 0 Å². The van der Waals surface area contributed by atoms with Gasteiger partial charge in [-0.3, -0.25) is 0 Å². The molecule has 0 amide bonds. The Morgan fingerprint density at radius 1 is 1.00 bits per heavy atom. The van der Waals surface area contributed by atoms with Crippen LogP contribution >= 0.6 is 0 Å². The van der Waals surface area contributed by atoms with Gasteiger partial charge in [-0.15, -0.1) is 0 Å². The Hall–Kier alpha value is -1.80. The Kier molecular flexibility index (Phi) is 5.25. The second-order valence-corrected chi connectivity index (χ2v) is 7.51. The molecule has 1 saturated heterocycles. The zero-order valence-electron chi connectivity index (χ0n) is 15.1. The van der Waals surface area contributed by atoms with Crippen molar-refractivity contribution in [1.82, 2.24) is 4.90 Å². The summed E-state index contributed by atoms with van der Waals surface area (Å²) in [5.74, 6) is 1.44. The van der Waals surface area contributed by atoms with Crippen molar-refractivity contribution >= 4 is 0 Å². The summed E-state index contributed by atoms with van der Waals surface area (Å²) in [5, 5.41) is 10.5. The average Bonchev–Trinajstić information content (AvgIpc) is 2.58. The highest BCUT2D eigenvalue weighted by atomic mass is 16.3. The molecule has 1 aliphatic heterocycles. The normalized spacial score (nSPS) is 17.8. The van der Waals surface area contributed by atoms with E-state index < -0.39 is 0 Å². The minimum Gasteiger partial charge on any atom is -0.508 e. The summed E-state index contributed by atoms with van der Waals surface area (Å²) in [6, 6.07) is 14.8. The quantitative estimate of drug-likeness (QED) is 0.867. The molecule has 128 valence electrons. The molecule has 3 rings (SSSR count). The van der Waals surface area contributed by atoms with E-state index in [9.17, 15) is 5.11 Å². The zero-order valence-corrected chi connectivity index (χ0v) is 15.1. The number of hydrogen-bond acceptors (Lipinski definition) is 2. The van der Waals surface area contributed by atoms with E-state index in [2.05, 4.69) is 56.1 Å². The van der Waals surface area contributed by atoms with Gasteiger partial charge in [-0.05, 0) is 70.8 Å². The van der Waals surface area contributed by atoms with E-state index >= 15 is 0 Å². The molecule has 0 aliphatic carbocycles. The standard InChI is InChI=1S/C22H29NO/c1-16-4-7-19(8-5-16)20(15-18-10-12-23(3)13-11-18)21-14-17(2)6-9-22(21)24/h4-9,14,18,20,24H,10-13,15H2,1-3H3. The van der Waals surface area contributed by atoms with Crippen molar-refractivity contribution in [3.8, 4) is 5.75 Å². The number of rotatable bonds is 4. The van der Waals surface area contributed by atoms with Gasteiger partial charge in [-0.2, -0.15) is 0 Å². The van der Waals surface area contributed by atoms with E-state index in [0.29, 0.717) is 5.75 Å². The van der Waals surface area contributed by atoms with Crippen molar-refractivity contribution in [2.45, 2.75) is 39.0 Å². The molecule has 24 heavy (non-hydrogen) atoms. The molecule has 2 nitrogen and oxygen atoms in total. The molecule has 0 radical (unpaired) electrons. The van der Waals surface area contributed by atoms with Crippen LogP contribution in [0.25, 0.3) is 0 Å². The second-order valence-electron chi connectivity index (χ2n) is 7.51.